The first-order chi connectivity index (χ1) is 12.6. The molecule has 2 aromatic carbocycles. The van der Waals surface area contributed by atoms with Gasteiger partial charge in [0.25, 0.3) is 5.91 Å². The second-order valence-electron chi connectivity index (χ2n) is 6.92. The van der Waals surface area contributed by atoms with E-state index in [4.69, 9.17) is 0 Å². The lowest BCUT2D eigenvalue weighted by atomic mass is 10.0. The number of phenolic OH excluding ortho intramolecular Hbond substituents is 1. The van der Waals surface area contributed by atoms with Gasteiger partial charge in [0.2, 0.25) is 0 Å². The lowest BCUT2D eigenvalue weighted by molar-refractivity contribution is 0.0395. The lowest BCUT2D eigenvalue weighted by Crippen LogP contribution is -2.54. The van der Waals surface area contributed by atoms with Gasteiger partial charge in [-0.1, -0.05) is 29.8 Å². The summed E-state index contributed by atoms with van der Waals surface area (Å²) >= 11 is 0. The zero-order valence-electron chi connectivity index (χ0n) is 15.1. The maximum absolute atomic E-state index is 12.7. The molecule has 1 amide bonds. The van der Waals surface area contributed by atoms with E-state index in [9.17, 15) is 15.0 Å². The van der Waals surface area contributed by atoms with Gasteiger partial charge in [-0.15, -0.1) is 0 Å². The van der Waals surface area contributed by atoms with E-state index in [0.717, 1.165) is 13.1 Å². The molecule has 0 spiro atoms. The molecule has 0 radical (unpaired) electrons. The number of hydrogen-bond acceptors (Lipinski definition) is 4. The zero-order chi connectivity index (χ0) is 18.5. The van der Waals surface area contributed by atoms with E-state index in [1.165, 1.54) is 23.3 Å². The maximum Gasteiger partial charge on any atom is 0.253 e. The molecule has 1 atom stereocenters. The highest BCUT2D eigenvalue weighted by Gasteiger charge is 2.29. The fraction of sp³-hybridized carbons (Fsp3) is 0.381. The van der Waals surface area contributed by atoms with Gasteiger partial charge in [-0.2, -0.15) is 0 Å². The Hall–Kier alpha value is -2.37. The van der Waals surface area contributed by atoms with Gasteiger partial charge in [-0.3, -0.25) is 9.69 Å². The summed E-state index contributed by atoms with van der Waals surface area (Å²) < 4.78 is 0. The Labute approximate surface area is 154 Å². The number of carbonyl (C=O) groups is 1. The number of hydrogen-bond donors (Lipinski definition) is 2. The minimum Gasteiger partial charge on any atom is -0.508 e. The van der Waals surface area contributed by atoms with E-state index in [1.54, 1.807) is 12.1 Å². The van der Waals surface area contributed by atoms with Crippen LogP contribution in [0.2, 0.25) is 0 Å². The normalized spacial score (nSPS) is 18.1. The van der Waals surface area contributed by atoms with E-state index in [0.29, 0.717) is 25.1 Å². The molecular weight excluding hydrogens is 328 g/mol. The number of carbonyl (C=O) groups excluding carboxylic acids is 1. The molecule has 1 aliphatic heterocycles. The van der Waals surface area contributed by atoms with Crippen LogP contribution in [0.5, 0.6) is 5.75 Å². The summed E-state index contributed by atoms with van der Waals surface area (Å²) in [4.78, 5) is 16.9. The number of benzene rings is 2. The molecule has 1 unspecified atom stereocenters. The molecule has 5 nitrogen and oxygen atoms in total. The molecule has 0 bridgehead atoms. The van der Waals surface area contributed by atoms with Crippen LogP contribution in [0.4, 0.5) is 0 Å². The smallest absolute Gasteiger partial charge is 0.253 e. The number of aryl methyl sites for hydroxylation is 1. The van der Waals surface area contributed by atoms with Crippen molar-refractivity contribution in [1.29, 1.82) is 0 Å². The Kier molecular flexibility index (Phi) is 5.91. The van der Waals surface area contributed by atoms with Gasteiger partial charge in [-0.05, 0) is 43.2 Å². The van der Waals surface area contributed by atoms with Crippen molar-refractivity contribution in [3.05, 3.63) is 65.2 Å². The van der Waals surface area contributed by atoms with Gasteiger partial charge in [0.1, 0.15) is 5.75 Å². The number of nitrogens with zero attached hydrogens (tertiary/aromatic N) is 2. The average Bonchev–Trinajstić information content (AvgIpc) is 2.65. The molecule has 26 heavy (non-hydrogen) atoms. The van der Waals surface area contributed by atoms with Crippen LogP contribution in [0.3, 0.4) is 0 Å². The summed E-state index contributed by atoms with van der Waals surface area (Å²) in [6.45, 7) is 5.05. The van der Waals surface area contributed by atoms with Gasteiger partial charge in [-0.25, -0.2) is 0 Å². The Morgan fingerprint density at radius 1 is 1.08 bits per heavy atom. The van der Waals surface area contributed by atoms with Crippen LogP contribution in [0, 0.1) is 6.92 Å². The highest BCUT2D eigenvalue weighted by molar-refractivity contribution is 5.94. The fourth-order valence-corrected chi connectivity index (χ4v) is 3.42. The molecule has 2 N–H and O–H groups in total. The molecule has 1 heterocycles. The number of phenols is 1. The van der Waals surface area contributed by atoms with E-state index in [2.05, 4.69) is 36.1 Å². The van der Waals surface area contributed by atoms with Crippen molar-refractivity contribution < 1.29 is 15.0 Å². The molecular formula is C21H26N2O3. The number of aromatic hydroxyl groups is 1. The van der Waals surface area contributed by atoms with E-state index in [-0.39, 0.29) is 24.3 Å². The first-order valence-electron chi connectivity index (χ1n) is 9.05. The Balaban J connectivity index is 1.67. The van der Waals surface area contributed by atoms with Gasteiger partial charge in [0, 0.05) is 44.4 Å². The van der Waals surface area contributed by atoms with Crippen LogP contribution in [-0.4, -0.2) is 58.2 Å². The third-order valence-corrected chi connectivity index (χ3v) is 4.97. The van der Waals surface area contributed by atoms with Gasteiger partial charge < -0.3 is 15.1 Å². The Morgan fingerprint density at radius 3 is 2.42 bits per heavy atom. The Bertz CT molecular complexity index is 728. The predicted octanol–water partition coefficient (Wildman–Crippen LogP) is 2.41. The molecule has 1 saturated heterocycles. The Morgan fingerprint density at radius 2 is 1.77 bits per heavy atom. The molecule has 5 heteroatoms. The zero-order valence-corrected chi connectivity index (χ0v) is 15.1. The second-order valence-corrected chi connectivity index (χ2v) is 6.92. The van der Waals surface area contributed by atoms with Gasteiger partial charge in [0.05, 0.1) is 0 Å². The van der Waals surface area contributed by atoms with Crippen molar-refractivity contribution in [2.45, 2.75) is 25.9 Å². The van der Waals surface area contributed by atoms with Crippen molar-refractivity contribution in [1.82, 2.24) is 9.80 Å². The monoisotopic (exact) mass is 354 g/mol. The highest BCUT2D eigenvalue weighted by Crippen LogP contribution is 2.19. The van der Waals surface area contributed by atoms with Crippen LogP contribution in [0.25, 0.3) is 0 Å². The minimum atomic E-state index is -0.0251. The molecule has 0 aliphatic carbocycles. The topological polar surface area (TPSA) is 64.0 Å². The first kappa shape index (κ1) is 18.4. The summed E-state index contributed by atoms with van der Waals surface area (Å²) in [6, 6.07) is 15.0. The number of piperazine rings is 1. The van der Waals surface area contributed by atoms with Crippen LogP contribution in [0.1, 0.15) is 27.9 Å². The van der Waals surface area contributed by atoms with Crippen molar-refractivity contribution in [3.63, 3.8) is 0 Å². The molecule has 0 saturated carbocycles. The van der Waals surface area contributed by atoms with Crippen molar-refractivity contribution in [3.8, 4) is 5.75 Å². The van der Waals surface area contributed by atoms with Crippen LogP contribution in [0.15, 0.2) is 48.5 Å². The van der Waals surface area contributed by atoms with E-state index < -0.39 is 0 Å². The van der Waals surface area contributed by atoms with Gasteiger partial charge >= 0.3 is 0 Å². The number of aliphatic hydroxyl groups excluding tert-OH is 1. The fourth-order valence-electron chi connectivity index (χ4n) is 3.42. The third kappa shape index (κ3) is 4.42. The summed E-state index contributed by atoms with van der Waals surface area (Å²) in [6.07, 6.45) is 0.644. The lowest BCUT2D eigenvalue weighted by Gasteiger charge is -2.41. The first-order valence-corrected chi connectivity index (χ1v) is 9.05. The van der Waals surface area contributed by atoms with Crippen LogP contribution < -0.4 is 0 Å². The summed E-state index contributed by atoms with van der Waals surface area (Å²) in [5, 5.41) is 18.8. The number of rotatable bonds is 5. The van der Waals surface area contributed by atoms with Crippen molar-refractivity contribution >= 4 is 5.91 Å². The van der Waals surface area contributed by atoms with E-state index in [1.807, 2.05) is 4.90 Å². The third-order valence-electron chi connectivity index (χ3n) is 4.97. The number of amides is 1. The predicted molar refractivity (Wildman–Crippen MR) is 101 cm³/mol. The molecule has 0 aromatic heterocycles. The molecule has 3 rings (SSSR count). The average molecular weight is 354 g/mol. The second kappa shape index (κ2) is 8.34. The molecule has 1 fully saturated rings. The minimum absolute atomic E-state index is 0.0251. The van der Waals surface area contributed by atoms with Crippen molar-refractivity contribution in [2.75, 3.05) is 26.2 Å². The van der Waals surface area contributed by atoms with Gasteiger partial charge in [0.15, 0.2) is 0 Å². The summed E-state index contributed by atoms with van der Waals surface area (Å²) in [5.74, 6) is 0.130. The van der Waals surface area contributed by atoms with E-state index >= 15 is 0 Å². The maximum atomic E-state index is 12.7. The van der Waals surface area contributed by atoms with Crippen molar-refractivity contribution in [2.24, 2.45) is 0 Å². The highest BCUT2D eigenvalue weighted by atomic mass is 16.3. The SMILES string of the molecule is Cc1ccc(CN2CCN(C(=O)c3ccc(O)cc3)CC2CCO)cc1. The quantitative estimate of drug-likeness (QED) is 0.865. The molecule has 2 aromatic rings. The molecule has 1 aliphatic rings. The van der Waals surface area contributed by atoms with Crippen LogP contribution in [-0.2, 0) is 6.54 Å². The van der Waals surface area contributed by atoms with Crippen LogP contribution >= 0.6 is 0 Å². The largest absolute Gasteiger partial charge is 0.508 e. The summed E-state index contributed by atoms with van der Waals surface area (Å²) in [7, 11) is 0. The standard InChI is InChI=1S/C21H26N2O3/c1-16-2-4-17(5-3-16)14-22-11-12-23(15-19(22)10-13-24)21(26)18-6-8-20(25)9-7-18/h2-9,19,24-25H,10-15H2,1H3. The molecule has 138 valence electrons. The summed E-state index contributed by atoms with van der Waals surface area (Å²) in [5.41, 5.74) is 3.07. The number of aliphatic hydroxyl groups is 1.